The van der Waals surface area contributed by atoms with Crippen molar-refractivity contribution in [3.63, 3.8) is 0 Å². The van der Waals surface area contributed by atoms with E-state index in [2.05, 4.69) is 4.74 Å². The lowest BCUT2D eigenvalue weighted by Crippen LogP contribution is -2.59. The predicted octanol–water partition coefficient (Wildman–Crippen LogP) is 1.58. The average molecular weight is 162 g/mol. The molecule has 0 saturated carbocycles. The summed E-state index contributed by atoms with van der Waals surface area (Å²) in [5, 5.41) is 0. The van der Waals surface area contributed by atoms with Gasteiger partial charge in [0.15, 0.2) is 0 Å². The quantitative estimate of drug-likeness (QED) is 0.491. The molecular weight excluding hydrogens is 159 g/mol. The third kappa shape index (κ3) is 1.07. The van der Waals surface area contributed by atoms with E-state index >= 15 is 0 Å². The summed E-state index contributed by atoms with van der Waals surface area (Å²) in [6.07, 6.45) is -7.83. The maximum absolute atomic E-state index is 11.9. The molecule has 0 spiro atoms. The number of hydrogen-bond acceptors (Lipinski definition) is 1. The lowest BCUT2D eigenvalue weighted by molar-refractivity contribution is -0.360. The standard InChI is InChI=1S/C4H3F5O/c5-3(6)1-10-2(3)4(7,8)9/h2H,1H2. The van der Waals surface area contributed by atoms with E-state index in [0.29, 0.717) is 0 Å². The minimum absolute atomic E-state index is 1.13. The lowest BCUT2D eigenvalue weighted by Gasteiger charge is -2.36. The van der Waals surface area contributed by atoms with Crippen LogP contribution in [0, 0.1) is 0 Å². The van der Waals surface area contributed by atoms with E-state index in [0.717, 1.165) is 0 Å². The smallest absolute Gasteiger partial charge is 0.357 e. The van der Waals surface area contributed by atoms with Crippen LogP contribution in [0.2, 0.25) is 0 Å². The van der Waals surface area contributed by atoms with Gasteiger partial charge in [0.2, 0.25) is 6.10 Å². The van der Waals surface area contributed by atoms with Gasteiger partial charge >= 0.3 is 12.1 Å². The molecule has 0 aliphatic carbocycles. The molecule has 0 aromatic carbocycles. The van der Waals surface area contributed by atoms with Crippen molar-refractivity contribution >= 4 is 0 Å². The highest BCUT2D eigenvalue weighted by atomic mass is 19.4. The molecule has 0 aromatic rings. The predicted molar refractivity (Wildman–Crippen MR) is 20.7 cm³/mol. The summed E-state index contributed by atoms with van der Waals surface area (Å²) in [6, 6.07) is 0. The van der Waals surface area contributed by atoms with Crippen LogP contribution in [0.4, 0.5) is 22.0 Å². The zero-order valence-corrected chi connectivity index (χ0v) is 4.58. The SMILES string of the molecule is FC(F)(F)C1OCC1(F)F. The fourth-order valence-electron chi connectivity index (χ4n) is 0.627. The van der Waals surface area contributed by atoms with Crippen LogP contribution >= 0.6 is 0 Å². The monoisotopic (exact) mass is 162 g/mol. The number of hydrogen-bond donors (Lipinski definition) is 0. The van der Waals surface area contributed by atoms with Gasteiger partial charge in [0.05, 0.1) is 0 Å². The van der Waals surface area contributed by atoms with Gasteiger partial charge in [0.25, 0.3) is 0 Å². The highest BCUT2D eigenvalue weighted by Crippen LogP contribution is 2.41. The van der Waals surface area contributed by atoms with E-state index < -0.39 is 24.8 Å². The van der Waals surface area contributed by atoms with Gasteiger partial charge in [-0.25, -0.2) is 8.78 Å². The molecule has 1 fully saturated rings. The fraction of sp³-hybridized carbons (Fsp3) is 1.00. The van der Waals surface area contributed by atoms with Gasteiger partial charge < -0.3 is 4.74 Å². The van der Waals surface area contributed by atoms with Crippen molar-refractivity contribution in [3.05, 3.63) is 0 Å². The molecule has 0 aromatic heterocycles. The van der Waals surface area contributed by atoms with E-state index in [4.69, 9.17) is 0 Å². The van der Waals surface area contributed by atoms with Crippen LogP contribution in [-0.2, 0) is 4.74 Å². The Balaban J connectivity index is 2.60. The van der Waals surface area contributed by atoms with Crippen molar-refractivity contribution in [3.8, 4) is 0 Å². The van der Waals surface area contributed by atoms with Crippen molar-refractivity contribution < 1.29 is 26.7 Å². The van der Waals surface area contributed by atoms with Crippen molar-refractivity contribution in [2.45, 2.75) is 18.2 Å². The maximum atomic E-state index is 11.9. The molecule has 1 heterocycles. The summed E-state index contributed by atoms with van der Waals surface area (Å²) >= 11 is 0. The van der Waals surface area contributed by atoms with E-state index in [-0.39, 0.29) is 0 Å². The minimum atomic E-state index is -4.94. The third-order valence-electron chi connectivity index (χ3n) is 1.12. The molecule has 0 bridgehead atoms. The first-order chi connectivity index (χ1) is 4.34. The van der Waals surface area contributed by atoms with Gasteiger partial charge in [-0.3, -0.25) is 0 Å². The second-order valence-electron chi connectivity index (χ2n) is 1.99. The molecule has 1 saturated heterocycles. The zero-order chi connectivity index (χ0) is 7.99. The molecule has 1 atom stereocenters. The molecule has 1 rings (SSSR count). The number of ether oxygens (including phenoxy) is 1. The Bertz CT molecular complexity index is 129. The van der Waals surface area contributed by atoms with E-state index in [1.54, 1.807) is 0 Å². The first-order valence-corrected chi connectivity index (χ1v) is 2.40. The van der Waals surface area contributed by atoms with Crippen LogP contribution in [0.3, 0.4) is 0 Å². The Hall–Kier alpha value is -0.390. The second kappa shape index (κ2) is 1.81. The first-order valence-electron chi connectivity index (χ1n) is 2.40. The van der Waals surface area contributed by atoms with Gasteiger partial charge in [-0.2, -0.15) is 13.2 Å². The van der Waals surface area contributed by atoms with E-state index in [9.17, 15) is 22.0 Å². The van der Waals surface area contributed by atoms with Crippen LogP contribution < -0.4 is 0 Å². The topological polar surface area (TPSA) is 9.23 Å². The summed E-state index contributed by atoms with van der Waals surface area (Å²) in [5.74, 6) is -3.72. The number of alkyl halides is 5. The Morgan fingerprint density at radius 2 is 1.80 bits per heavy atom. The van der Waals surface area contributed by atoms with Gasteiger partial charge in [0.1, 0.15) is 6.61 Å². The Kier molecular flexibility index (Phi) is 1.39. The summed E-state index contributed by atoms with van der Waals surface area (Å²) in [7, 11) is 0. The van der Waals surface area contributed by atoms with Crippen LogP contribution in [0.15, 0.2) is 0 Å². The third-order valence-corrected chi connectivity index (χ3v) is 1.12. The molecule has 1 nitrogen and oxygen atoms in total. The van der Waals surface area contributed by atoms with Crippen LogP contribution in [-0.4, -0.2) is 24.8 Å². The average Bonchev–Trinajstić information content (AvgIpc) is 1.58. The first kappa shape index (κ1) is 7.71. The highest BCUT2D eigenvalue weighted by molar-refractivity contribution is 4.91. The van der Waals surface area contributed by atoms with Crippen molar-refractivity contribution in [2.75, 3.05) is 6.61 Å². The summed E-state index contributed by atoms with van der Waals surface area (Å²) in [6.45, 7) is -1.13. The number of halogens is 5. The molecule has 6 heteroatoms. The molecule has 0 N–H and O–H groups in total. The van der Waals surface area contributed by atoms with Crippen molar-refractivity contribution in [1.82, 2.24) is 0 Å². The van der Waals surface area contributed by atoms with Crippen molar-refractivity contribution in [2.24, 2.45) is 0 Å². The molecule has 1 unspecified atom stereocenters. The fourth-order valence-corrected chi connectivity index (χ4v) is 0.627. The van der Waals surface area contributed by atoms with Gasteiger partial charge in [-0.15, -0.1) is 0 Å². The Labute approximate surface area is 52.8 Å². The second-order valence-corrected chi connectivity index (χ2v) is 1.99. The van der Waals surface area contributed by atoms with E-state index in [1.165, 1.54) is 0 Å². The van der Waals surface area contributed by atoms with Gasteiger partial charge in [0, 0.05) is 0 Å². The van der Waals surface area contributed by atoms with Crippen LogP contribution in [0.25, 0.3) is 0 Å². The molecule has 10 heavy (non-hydrogen) atoms. The Morgan fingerprint density at radius 3 is 1.80 bits per heavy atom. The normalized spacial score (nSPS) is 31.5. The highest BCUT2D eigenvalue weighted by Gasteiger charge is 2.64. The largest absolute Gasteiger partial charge is 0.420 e. The number of rotatable bonds is 0. The van der Waals surface area contributed by atoms with E-state index in [1.807, 2.05) is 0 Å². The molecule has 0 radical (unpaired) electrons. The maximum Gasteiger partial charge on any atom is 0.420 e. The van der Waals surface area contributed by atoms with Gasteiger partial charge in [-0.05, 0) is 0 Å². The van der Waals surface area contributed by atoms with Crippen molar-refractivity contribution in [1.29, 1.82) is 0 Å². The summed E-state index contributed by atoms with van der Waals surface area (Å²) in [5.41, 5.74) is 0. The minimum Gasteiger partial charge on any atom is -0.357 e. The van der Waals surface area contributed by atoms with Gasteiger partial charge in [-0.1, -0.05) is 0 Å². The lowest BCUT2D eigenvalue weighted by atomic mass is 10.1. The molecule has 60 valence electrons. The Morgan fingerprint density at radius 1 is 1.30 bits per heavy atom. The summed E-state index contributed by atoms with van der Waals surface area (Å²) < 4.78 is 61.5. The molecule has 1 aliphatic rings. The summed E-state index contributed by atoms with van der Waals surface area (Å²) in [4.78, 5) is 0. The molecular formula is C4H3F5O. The zero-order valence-electron chi connectivity index (χ0n) is 4.58. The van der Waals surface area contributed by atoms with Crippen LogP contribution in [0.5, 0.6) is 0 Å². The molecule has 0 amide bonds. The van der Waals surface area contributed by atoms with Crippen LogP contribution in [0.1, 0.15) is 0 Å². The molecule has 1 aliphatic heterocycles.